The van der Waals surface area contributed by atoms with Gasteiger partial charge in [-0.3, -0.25) is 0 Å². The fourth-order valence-electron chi connectivity index (χ4n) is 1.54. The number of rotatable bonds is 4. The van der Waals surface area contributed by atoms with Gasteiger partial charge in [-0.2, -0.15) is 18.7 Å². The van der Waals surface area contributed by atoms with E-state index in [4.69, 9.17) is 5.21 Å². The Labute approximate surface area is 122 Å². The van der Waals surface area contributed by atoms with Gasteiger partial charge in [0.15, 0.2) is 0 Å². The van der Waals surface area contributed by atoms with Crippen LogP contribution in [0, 0.1) is 0 Å². The largest absolute Gasteiger partial charge is 0.416 e. The zero-order chi connectivity index (χ0) is 14.8. The highest BCUT2D eigenvalue weighted by atomic mass is 32.2. The quantitative estimate of drug-likeness (QED) is 0.781. The molecule has 0 bridgehead atoms. The van der Waals surface area contributed by atoms with E-state index in [9.17, 15) is 13.2 Å². The maximum Gasteiger partial charge on any atom is 0.416 e. The monoisotopic (exact) mass is 319 g/mol. The summed E-state index contributed by atoms with van der Waals surface area (Å²) in [6, 6.07) is 8.72. The Bertz CT molecular complexity index is 583. The highest BCUT2D eigenvalue weighted by Crippen LogP contribution is 2.37. The third kappa shape index (κ3) is 3.76. The molecule has 20 heavy (non-hydrogen) atoms. The van der Waals surface area contributed by atoms with Crippen LogP contribution in [0.2, 0.25) is 0 Å². The average molecular weight is 319 g/mol. The summed E-state index contributed by atoms with van der Waals surface area (Å²) < 4.78 is 38.7. The molecule has 1 atom stereocenters. The van der Waals surface area contributed by atoms with Crippen molar-refractivity contribution >= 4 is 23.1 Å². The molecule has 0 spiro atoms. The van der Waals surface area contributed by atoms with Gasteiger partial charge in [0.25, 0.3) is 0 Å². The lowest BCUT2D eigenvalue weighted by Gasteiger charge is -2.08. The van der Waals surface area contributed by atoms with Crippen LogP contribution in [-0.4, -0.2) is 5.21 Å². The molecule has 2 nitrogen and oxygen atoms in total. The van der Waals surface area contributed by atoms with Crippen LogP contribution in [0.3, 0.4) is 0 Å². The summed E-state index contributed by atoms with van der Waals surface area (Å²) in [5.74, 6) is 0. The van der Waals surface area contributed by atoms with Gasteiger partial charge in [0.2, 0.25) is 0 Å². The van der Waals surface area contributed by atoms with Gasteiger partial charge in [-0.1, -0.05) is 17.8 Å². The van der Waals surface area contributed by atoms with Crippen LogP contribution in [0.4, 0.5) is 13.2 Å². The van der Waals surface area contributed by atoms with Gasteiger partial charge < -0.3 is 5.21 Å². The van der Waals surface area contributed by atoms with E-state index in [0.29, 0.717) is 4.90 Å². The van der Waals surface area contributed by atoms with Gasteiger partial charge in [-0.05, 0) is 37.3 Å². The number of hydrogen-bond acceptors (Lipinski definition) is 4. The fraction of sp³-hybridized carbons (Fsp3) is 0.231. The third-order valence-corrected chi connectivity index (χ3v) is 4.99. The van der Waals surface area contributed by atoms with Crippen LogP contribution in [0.15, 0.2) is 45.5 Å². The van der Waals surface area contributed by atoms with Crippen molar-refractivity contribution in [2.24, 2.45) is 0 Å². The second-order valence-electron chi connectivity index (χ2n) is 4.14. The van der Waals surface area contributed by atoms with Gasteiger partial charge in [0, 0.05) is 9.77 Å². The van der Waals surface area contributed by atoms with Crippen molar-refractivity contribution < 1.29 is 18.4 Å². The number of benzene rings is 1. The summed E-state index contributed by atoms with van der Waals surface area (Å²) in [5, 5.41) is 8.84. The number of halogens is 3. The molecule has 0 amide bonds. The number of hydrogen-bond donors (Lipinski definition) is 2. The highest BCUT2D eigenvalue weighted by Gasteiger charge is 2.30. The second kappa shape index (κ2) is 6.17. The van der Waals surface area contributed by atoms with Crippen molar-refractivity contribution in [2.75, 3.05) is 0 Å². The van der Waals surface area contributed by atoms with Crippen LogP contribution in [0.1, 0.15) is 23.4 Å². The molecule has 7 heteroatoms. The number of nitrogens with one attached hydrogen (secondary N) is 1. The normalized spacial score (nSPS) is 13.4. The van der Waals surface area contributed by atoms with E-state index in [0.717, 1.165) is 21.2 Å². The van der Waals surface area contributed by atoms with E-state index in [1.807, 2.05) is 12.1 Å². The minimum absolute atomic E-state index is 0.198. The highest BCUT2D eigenvalue weighted by molar-refractivity contribution is 8.01. The maximum atomic E-state index is 12.6. The van der Waals surface area contributed by atoms with E-state index in [1.54, 1.807) is 13.0 Å². The lowest BCUT2D eigenvalue weighted by atomic mass is 10.2. The molecule has 0 radical (unpaired) electrons. The maximum absolute atomic E-state index is 12.6. The van der Waals surface area contributed by atoms with Gasteiger partial charge in [0.1, 0.15) is 0 Å². The van der Waals surface area contributed by atoms with E-state index in [-0.39, 0.29) is 6.04 Å². The number of alkyl halides is 3. The van der Waals surface area contributed by atoms with Crippen molar-refractivity contribution in [2.45, 2.75) is 28.2 Å². The van der Waals surface area contributed by atoms with Crippen molar-refractivity contribution in [3.63, 3.8) is 0 Å². The summed E-state index contributed by atoms with van der Waals surface area (Å²) in [4.78, 5) is 1.46. The lowest BCUT2D eigenvalue weighted by molar-refractivity contribution is -0.137. The van der Waals surface area contributed by atoms with E-state index < -0.39 is 11.7 Å². The van der Waals surface area contributed by atoms with Crippen molar-refractivity contribution in [3.05, 3.63) is 46.8 Å². The zero-order valence-electron chi connectivity index (χ0n) is 10.4. The first-order valence-electron chi connectivity index (χ1n) is 5.74. The Morgan fingerprint density at radius 3 is 2.65 bits per heavy atom. The van der Waals surface area contributed by atoms with Gasteiger partial charge in [-0.15, -0.1) is 11.3 Å². The minimum atomic E-state index is -4.33. The topological polar surface area (TPSA) is 32.3 Å². The molecule has 1 unspecified atom stereocenters. The van der Waals surface area contributed by atoms with E-state index in [2.05, 4.69) is 5.48 Å². The molecule has 0 fully saturated rings. The molecule has 1 aromatic carbocycles. The van der Waals surface area contributed by atoms with Crippen LogP contribution in [-0.2, 0) is 6.18 Å². The molecule has 1 heterocycles. The van der Waals surface area contributed by atoms with Gasteiger partial charge in [0.05, 0.1) is 15.8 Å². The van der Waals surface area contributed by atoms with Crippen molar-refractivity contribution in [1.82, 2.24) is 5.48 Å². The van der Waals surface area contributed by atoms with Crippen LogP contribution >= 0.6 is 23.1 Å². The average Bonchev–Trinajstić information content (AvgIpc) is 2.85. The van der Waals surface area contributed by atoms with Crippen LogP contribution in [0.25, 0.3) is 0 Å². The standard InChI is InChI=1S/C13H12F3NOS2/c1-8(17-18)11-5-6-12(20-11)19-10-4-2-3-9(7-10)13(14,15)16/h2-8,17-18H,1H3. The molecular formula is C13H12F3NOS2. The Morgan fingerprint density at radius 1 is 1.25 bits per heavy atom. The molecule has 2 rings (SSSR count). The first kappa shape index (κ1) is 15.4. The van der Waals surface area contributed by atoms with E-state index >= 15 is 0 Å². The molecule has 108 valence electrons. The second-order valence-corrected chi connectivity index (χ2v) is 6.62. The number of thiophene rings is 1. The summed E-state index contributed by atoms with van der Waals surface area (Å²) in [6.45, 7) is 1.80. The molecular weight excluding hydrogens is 307 g/mol. The molecule has 0 aliphatic heterocycles. The Morgan fingerprint density at radius 2 is 2.00 bits per heavy atom. The zero-order valence-corrected chi connectivity index (χ0v) is 12.1. The SMILES string of the molecule is CC(NO)c1ccc(Sc2cccc(C(F)(F)F)c2)s1. The smallest absolute Gasteiger partial charge is 0.316 e. The number of hydroxylamine groups is 1. The molecule has 0 aliphatic carbocycles. The summed E-state index contributed by atoms with van der Waals surface area (Å²) in [6.07, 6.45) is -4.33. The van der Waals surface area contributed by atoms with Crippen LogP contribution < -0.4 is 5.48 Å². The summed E-state index contributed by atoms with van der Waals surface area (Å²) >= 11 is 2.71. The Balaban J connectivity index is 2.16. The first-order valence-corrected chi connectivity index (χ1v) is 7.38. The summed E-state index contributed by atoms with van der Waals surface area (Å²) in [5.41, 5.74) is 1.49. The third-order valence-electron chi connectivity index (χ3n) is 2.60. The predicted molar refractivity (Wildman–Crippen MR) is 73.2 cm³/mol. The molecule has 2 aromatic rings. The summed E-state index contributed by atoms with van der Waals surface area (Å²) in [7, 11) is 0. The van der Waals surface area contributed by atoms with Crippen molar-refractivity contribution in [3.8, 4) is 0 Å². The molecule has 1 aromatic heterocycles. The lowest BCUT2D eigenvalue weighted by Crippen LogP contribution is -2.11. The molecule has 0 saturated heterocycles. The van der Waals surface area contributed by atoms with Gasteiger partial charge >= 0.3 is 6.18 Å². The fourth-order valence-corrected chi connectivity index (χ4v) is 3.72. The molecule has 0 saturated carbocycles. The molecule has 2 N–H and O–H groups in total. The first-order chi connectivity index (χ1) is 9.40. The van der Waals surface area contributed by atoms with E-state index in [1.165, 1.54) is 29.2 Å². The van der Waals surface area contributed by atoms with Crippen LogP contribution in [0.5, 0.6) is 0 Å². The predicted octanol–water partition coefficient (Wildman–Crippen LogP) is 4.96. The Hall–Kier alpha value is -1.02. The molecule has 0 aliphatic rings. The van der Waals surface area contributed by atoms with Crippen molar-refractivity contribution in [1.29, 1.82) is 0 Å². The minimum Gasteiger partial charge on any atom is -0.316 e. The van der Waals surface area contributed by atoms with Gasteiger partial charge in [-0.25, -0.2) is 0 Å². The Kier molecular flexibility index (Phi) is 4.74.